The Morgan fingerprint density at radius 2 is 2.04 bits per heavy atom. The van der Waals surface area contributed by atoms with Gasteiger partial charge >= 0.3 is 0 Å². The molecule has 3 saturated heterocycles. The van der Waals surface area contributed by atoms with Crippen LogP contribution in [0.5, 0.6) is 0 Å². The summed E-state index contributed by atoms with van der Waals surface area (Å²) in [6.45, 7) is 8.19. The van der Waals surface area contributed by atoms with Gasteiger partial charge in [-0.3, -0.25) is 9.59 Å². The van der Waals surface area contributed by atoms with Gasteiger partial charge in [-0.05, 0) is 57.5 Å². The number of likely N-dealkylation sites (tertiary alicyclic amines) is 2. The van der Waals surface area contributed by atoms with Crippen LogP contribution < -0.4 is 5.32 Å². The average Bonchev–Trinajstić information content (AvgIpc) is 3.11. The predicted octanol–water partition coefficient (Wildman–Crippen LogP) is 2.00. The lowest BCUT2D eigenvalue weighted by molar-refractivity contribution is -0.141. The number of carbonyl (C=O) groups excluding carboxylic acids is 2. The van der Waals surface area contributed by atoms with E-state index in [-0.39, 0.29) is 11.9 Å². The third kappa shape index (κ3) is 3.81. The van der Waals surface area contributed by atoms with Gasteiger partial charge in [-0.15, -0.1) is 0 Å². The molecular formula is C21H32N4O3. The Kier molecular flexibility index (Phi) is 5.71. The van der Waals surface area contributed by atoms with Crippen LogP contribution in [0.25, 0.3) is 0 Å². The number of piperidine rings is 3. The van der Waals surface area contributed by atoms with Gasteiger partial charge in [-0.1, -0.05) is 6.92 Å². The number of fused-ring (bicyclic) bond motifs is 1. The molecule has 154 valence electrons. The lowest BCUT2D eigenvalue weighted by atomic mass is 9.82. The van der Waals surface area contributed by atoms with Gasteiger partial charge in [0.2, 0.25) is 11.7 Å². The molecule has 28 heavy (non-hydrogen) atoms. The van der Waals surface area contributed by atoms with Gasteiger partial charge in [0.15, 0.2) is 5.89 Å². The first-order valence-corrected chi connectivity index (χ1v) is 10.8. The molecule has 1 N–H and O–H groups in total. The molecule has 0 bridgehead atoms. The summed E-state index contributed by atoms with van der Waals surface area (Å²) in [5.41, 5.74) is 0.676. The Morgan fingerprint density at radius 1 is 1.25 bits per heavy atom. The Labute approximate surface area is 166 Å². The third-order valence-corrected chi connectivity index (χ3v) is 6.68. The number of carbonyl (C=O) groups is 2. The highest BCUT2D eigenvalue weighted by Crippen LogP contribution is 2.33. The molecular weight excluding hydrogens is 356 g/mol. The molecule has 7 heteroatoms. The van der Waals surface area contributed by atoms with Crippen LogP contribution >= 0.6 is 0 Å². The van der Waals surface area contributed by atoms with Gasteiger partial charge in [0.1, 0.15) is 0 Å². The zero-order valence-electron chi connectivity index (χ0n) is 17.1. The number of nitrogens with one attached hydrogen (secondary N) is 1. The van der Waals surface area contributed by atoms with Crippen molar-refractivity contribution in [2.75, 3.05) is 32.7 Å². The maximum absolute atomic E-state index is 13.0. The molecule has 0 aliphatic carbocycles. The Balaban J connectivity index is 1.42. The van der Waals surface area contributed by atoms with Crippen molar-refractivity contribution >= 4 is 11.8 Å². The highest BCUT2D eigenvalue weighted by atomic mass is 16.4. The fourth-order valence-electron chi connectivity index (χ4n) is 5.06. The third-order valence-electron chi connectivity index (χ3n) is 6.68. The quantitative estimate of drug-likeness (QED) is 0.854. The molecule has 7 nitrogen and oxygen atoms in total. The summed E-state index contributed by atoms with van der Waals surface area (Å²) in [5, 5.41) is 3.40. The number of oxazole rings is 1. The van der Waals surface area contributed by atoms with E-state index < -0.39 is 0 Å². The van der Waals surface area contributed by atoms with Gasteiger partial charge in [-0.25, -0.2) is 4.98 Å². The monoisotopic (exact) mass is 388 g/mol. The second-order valence-electron chi connectivity index (χ2n) is 8.52. The molecule has 1 aromatic heterocycles. The first kappa shape index (κ1) is 19.4. The van der Waals surface area contributed by atoms with Crippen molar-refractivity contribution < 1.29 is 14.0 Å². The van der Waals surface area contributed by atoms with Gasteiger partial charge < -0.3 is 19.5 Å². The van der Waals surface area contributed by atoms with Crippen LogP contribution in [-0.2, 0) is 11.2 Å². The summed E-state index contributed by atoms with van der Waals surface area (Å²) in [7, 11) is 0. The number of aryl methyl sites for hydroxylation is 2. The fourth-order valence-corrected chi connectivity index (χ4v) is 5.06. The number of hydrogen-bond acceptors (Lipinski definition) is 5. The van der Waals surface area contributed by atoms with Crippen molar-refractivity contribution in [3.63, 3.8) is 0 Å². The van der Waals surface area contributed by atoms with E-state index in [1.165, 1.54) is 0 Å². The van der Waals surface area contributed by atoms with Crippen LogP contribution in [0.1, 0.15) is 61.2 Å². The highest BCUT2D eigenvalue weighted by molar-refractivity contribution is 5.92. The van der Waals surface area contributed by atoms with E-state index in [1.54, 1.807) is 0 Å². The largest absolute Gasteiger partial charge is 0.435 e. The first-order chi connectivity index (χ1) is 13.6. The summed E-state index contributed by atoms with van der Waals surface area (Å²) >= 11 is 0. The molecule has 1 aromatic rings. The molecule has 3 aliphatic rings. The van der Waals surface area contributed by atoms with Crippen molar-refractivity contribution in [2.45, 2.75) is 58.4 Å². The summed E-state index contributed by atoms with van der Waals surface area (Å²) in [4.78, 5) is 34.0. The number of rotatable bonds is 4. The Hall–Kier alpha value is -1.89. The standard InChI is InChI=1S/C21H32N4O3/c1-3-18-23-14(2)20(28-18)21(27)24-11-8-17-16(13-24)4-5-19(26)25(17)12-15-6-9-22-10-7-15/h15-17,22H,3-13H2,1-2H3. The van der Waals surface area contributed by atoms with Gasteiger partial charge in [0.25, 0.3) is 5.91 Å². The molecule has 0 aromatic carbocycles. The second kappa shape index (κ2) is 8.23. The summed E-state index contributed by atoms with van der Waals surface area (Å²) in [6.07, 6.45) is 5.33. The molecule has 4 heterocycles. The van der Waals surface area contributed by atoms with Crippen LogP contribution in [-0.4, -0.2) is 65.4 Å². The summed E-state index contributed by atoms with van der Waals surface area (Å²) in [6, 6.07) is 0.280. The van der Waals surface area contributed by atoms with Crippen LogP contribution in [0.3, 0.4) is 0 Å². The van der Waals surface area contributed by atoms with E-state index in [2.05, 4.69) is 15.2 Å². The fraction of sp³-hybridized carbons (Fsp3) is 0.762. The van der Waals surface area contributed by atoms with E-state index in [9.17, 15) is 9.59 Å². The minimum absolute atomic E-state index is 0.0510. The summed E-state index contributed by atoms with van der Waals surface area (Å²) < 4.78 is 5.68. The molecule has 4 rings (SSSR count). The molecule has 3 fully saturated rings. The lowest BCUT2D eigenvalue weighted by Crippen LogP contribution is -2.58. The molecule has 0 spiro atoms. The Morgan fingerprint density at radius 3 is 2.75 bits per heavy atom. The molecule has 2 atom stereocenters. The highest BCUT2D eigenvalue weighted by Gasteiger charge is 2.41. The van der Waals surface area contributed by atoms with Crippen molar-refractivity contribution in [1.82, 2.24) is 20.1 Å². The van der Waals surface area contributed by atoms with E-state index in [0.717, 1.165) is 45.3 Å². The SMILES string of the molecule is CCc1nc(C)c(C(=O)N2CCC3C(CCC(=O)N3CC3CCNCC3)C2)o1. The maximum Gasteiger partial charge on any atom is 0.291 e. The van der Waals surface area contributed by atoms with Crippen molar-refractivity contribution in [2.24, 2.45) is 11.8 Å². The number of amides is 2. The molecule has 2 unspecified atom stereocenters. The van der Waals surface area contributed by atoms with Crippen molar-refractivity contribution in [1.29, 1.82) is 0 Å². The maximum atomic E-state index is 13.0. The molecule has 2 amide bonds. The van der Waals surface area contributed by atoms with E-state index in [1.807, 2.05) is 18.7 Å². The molecule has 3 aliphatic heterocycles. The number of aromatic nitrogens is 1. The van der Waals surface area contributed by atoms with Crippen molar-refractivity contribution in [3.8, 4) is 0 Å². The number of nitrogens with zero attached hydrogens (tertiary/aromatic N) is 3. The zero-order valence-corrected chi connectivity index (χ0v) is 17.1. The minimum atomic E-state index is -0.0510. The van der Waals surface area contributed by atoms with E-state index in [4.69, 9.17) is 4.42 Å². The van der Waals surface area contributed by atoms with Gasteiger partial charge in [0.05, 0.1) is 5.69 Å². The van der Waals surface area contributed by atoms with Gasteiger partial charge in [0, 0.05) is 38.5 Å². The van der Waals surface area contributed by atoms with Crippen LogP contribution in [0.4, 0.5) is 0 Å². The average molecular weight is 389 g/mol. The molecule has 0 radical (unpaired) electrons. The normalized spacial score (nSPS) is 26.4. The minimum Gasteiger partial charge on any atom is -0.435 e. The van der Waals surface area contributed by atoms with Crippen LogP contribution in [0.2, 0.25) is 0 Å². The van der Waals surface area contributed by atoms with Gasteiger partial charge in [-0.2, -0.15) is 0 Å². The van der Waals surface area contributed by atoms with Crippen LogP contribution in [0, 0.1) is 18.8 Å². The van der Waals surface area contributed by atoms with Crippen molar-refractivity contribution in [3.05, 3.63) is 17.3 Å². The van der Waals surface area contributed by atoms with Crippen LogP contribution in [0.15, 0.2) is 4.42 Å². The topological polar surface area (TPSA) is 78.7 Å². The second-order valence-corrected chi connectivity index (χ2v) is 8.52. The molecule has 0 saturated carbocycles. The number of hydrogen-bond donors (Lipinski definition) is 1. The lowest BCUT2D eigenvalue weighted by Gasteiger charge is -2.48. The smallest absolute Gasteiger partial charge is 0.291 e. The Bertz CT molecular complexity index is 725. The summed E-state index contributed by atoms with van der Waals surface area (Å²) in [5.74, 6) is 2.22. The van der Waals surface area contributed by atoms with E-state index in [0.29, 0.717) is 61.0 Å². The zero-order chi connectivity index (χ0) is 19.7. The first-order valence-electron chi connectivity index (χ1n) is 10.8. The van der Waals surface area contributed by atoms with E-state index >= 15 is 0 Å². The predicted molar refractivity (Wildman–Crippen MR) is 105 cm³/mol.